The number of carboxylic acids is 1. The molecule has 0 unspecified atom stereocenters. The minimum atomic E-state index is -1.14. The van der Waals surface area contributed by atoms with Gasteiger partial charge in [0.05, 0.1) is 4.86 Å². The smallest absolute Gasteiger partial charge is 0.323 e. The fourth-order valence-corrected chi connectivity index (χ4v) is 3.36. The lowest BCUT2D eigenvalue weighted by Crippen LogP contribution is -2.42. The molecular weight excluding hydrogens is 388 g/mol. The van der Waals surface area contributed by atoms with E-state index in [9.17, 15) is 19.5 Å². The van der Waals surface area contributed by atoms with Crippen LogP contribution in [0.25, 0.3) is 0 Å². The van der Waals surface area contributed by atoms with E-state index in [0.29, 0.717) is 12.1 Å². The van der Waals surface area contributed by atoms with Crippen molar-refractivity contribution < 1.29 is 19.5 Å². The second-order valence-corrected chi connectivity index (χ2v) is 7.13. The minimum absolute atomic E-state index is 0.0232. The van der Waals surface area contributed by atoms with Crippen LogP contribution in [0.15, 0.2) is 66.4 Å². The Balaban J connectivity index is 1.82. The van der Waals surface area contributed by atoms with Gasteiger partial charge in [-0.2, -0.15) is 0 Å². The number of carboxylic acid groups (broad SMARTS) is 1. The van der Waals surface area contributed by atoms with Crippen LogP contribution >= 0.6 is 12.2 Å². The summed E-state index contributed by atoms with van der Waals surface area (Å²) in [7, 11) is 0. The van der Waals surface area contributed by atoms with Gasteiger partial charge in [0.15, 0.2) is 0 Å². The summed E-state index contributed by atoms with van der Waals surface area (Å²) < 4.78 is 0. The van der Waals surface area contributed by atoms with Gasteiger partial charge in [0.1, 0.15) is 12.2 Å². The molecule has 1 atom stereocenters. The Bertz CT molecular complexity index is 1000. The first-order valence-electron chi connectivity index (χ1n) is 9.10. The summed E-state index contributed by atoms with van der Waals surface area (Å²) in [4.78, 5) is 38.3. The molecule has 0 radical (unpaired) electrons. The van der Waals surface area contributed by atoms with Crippen LogP contribution in [0.2, 0.25) is 0 Å². The number of benzene rings is 2. The first-order valence-corrected chi connectivity index (χ1v) is 9.51. The van der Waals surface area contributed by atoms with Crippen molar-refractivity contribution in [2.45, 2.75) is 19.3 Å². The number of carbonyl (C=O) groups excluding carboxylic acids is 2. The number of thiocarbonyl (C=S) groups is 1. The molecule has 0 aromatic heterocycles. The number of nitrogens with zero attached hydrogens (tertiary/aromatic N) is 1. The molecule has 0 saturated heterocycles. The van der Waals surface area contributed by atoms with Crippen molar-refractivity contribution in [1.29, 1.82) is 0 Å². The van der Waals surface area contributed by atoms with Crippen LogP contribution in [0.3, 0.4) is 0 Å². The van der Waals surface area contributed by atoms with Crippen molar-refractivity contribution in [3.05, 3.63) is 77.5 Å². The average molecular weight is 408 g/mol. The highest BCUT2D eigenvalue weighted by Gasteiger charge is 2.29. The van der Waals surface area contributed by atoms with Crippen LogP contribution < -0.4 is 10.2 Å². The SMILES string of the molecule is C[C@H](C(=S)C(=O)NC1=CCc2ccccc2N(CC(=O)O)C1=O)c1ccccc1. The van der Waals surface area contributed by atoms with Crippen LogP contribution in [-0.2, 0) is 20.8 Å². The lowest BCUT2D eigenvalue weighted by atomic mass is 9.97. The molecule has 0 bridgehead atoms. The van der Waals surface area contributed by atoms with Crippen LogP contribution in [0.4, 0.5) is 5.69 Å². The molecule has 3 rings (SSSR count). The normalized spacial score (nSPS) is 14.3. The Labute approximate surface area is 173 Å². The zero-order valence-corrected chi connectivity index (χ0v) is 16.6. The van der Waals surface area contributed by atoms with Gasteiger partial charge in [-0.25, -0.2) is 0 Å². The number of hydrogen-bond donors (Lipinski definition) is 2. The van der Waals surface area contributed by atoms with Crippen LogP contribution in [0.1, 0.15) is 24.0 Å². The van der Waals surface area contributed by atoms with Gasteiger partial charge in [-0.05, 0) is 23.6 Å². The van der Waals surface area contributed by atoms with Crippen molar-refractivity contribution in [3.63, 3.8) is 0 Å². The molecule has 2 aromatic carbocycles. The van der Waals surface area contributed by atoms with E-state index in [0.717, 1.165) is 16.0 Å². The molecule has 0 aliphatic carbocycles. The van der Waals surface area contributed by atoms with Gasteiger partial charge < -0.3 is 10.4 Å². The number of carbonyl (C=O) groups is 3. The number of amides is 2. The molecule has 1 heterocycles. The molecule has 29 heavy (non-hydrogen) atoms. The average Bonchev–Trinajstić information content (AvgIpc) is 2.85. The van der Waals surface area contributed by atoms with E-state index in [1.54, 1.807) is 18.2 Å². The van der Waals surface area contributed by atoms with Crippen molar-refractivity contribution in [3.8, 4) is 0 Å². The number of allylic oxidation sites excluding steroid dienone is 1. The van der Waals surface area contributed by atoms with Crippen LogP contribution in [-0.4, -0.2) is 34.3 Å². The summed E-state index contributed by atoms with van der Waals surface area (Å²) in [5.74, 6) is -2.58. The predicted molar refractivity (Wildman–Crippen MR) is 114 cm³/mol. The zero-order chi connectivity index (χ0) is 21.0. The monoisotopic (exact) mass is 408 g/mol. The van der Waals surface area contributed by atoms with E-state index in [1.807, 2.05) is 49.4 Å². The highest BCUT2D eigenvalue weighted by molar-refractivity contribution is 7.82. The number of hydrogen-bond acceptors (Lipinski definition) is 4. The van der Waals surface area contributed by atoms with Gasteiger partial charge >= 0.3 is 5.97 Å². The van der Waals surface area contributed by atoms with Crippen molar-refractivity contribution in [2.24, 2.45) is 0 Å². The highest BCUT2D eigenvalue weighted by atomic mass is 32.1. The van der Waals surface area contributed by atoms with Gasteiger partial charge in [0.25, 0.3) is 11.8 Å². The number of rotatable bonds is 6. The van der Waals surface area contributed by atoms with Crippen molar-refractivity contribution in [1.82, 2.24) is 5.32 Å². The van der Waals surface area contributed by atoms with Crippen LogP contribution in [0, 0.1) is 0 Å². The van der Waals surface area contributed by atoms with E-state index in [4.69, 9.17) is 12.2 Å². The molecule has 7 heteroatoms. The van der Waals surface area contributed by atoms with Gasteiger partial charge in [0.2, 0.25) is 0 Å². The molecule has 2 amide bonds. The Kier molecular flexibility index (Phi) is 6.19. The van der Waals surface area contributed by atoms with Crippen LogP contribution in [0.5, 0.6) is 0 Å². The summed E-state index contributed by atoms with van der Waals surface area (Å²) in [5.41, 5.74) is 2.23. The first-order chi connectivity index (χ1) is 13.9. The van der Waals surface area contributed by atoms with Gasteiger partial charge in [0, 0.05) is 11.6 Å². The fraction of sp³-hybridized carbons (Fsp3) is 0.182. The Hall–Kier alpha value is -3.32. The second kappa shape index (κ2) is 8.79. The third-order valence-electron chi connectivity index (χ3n) is 4.74. The van der Waals surface area contributed by atoms with Gasteiger partial charge in [-0.3, -0.25) is 19.3 Å². The lowest BCUT2D eigenvalue weighted by molar-refractivity contribution is -0.136. The minimum Gasteiger partial charge on any atom is -0.480 e. The maximum Gasteiger partial charge on any atom is 0.323 e. The maximum absolute atomic E-state index is 13.0. The van der Waals surface area contributed by atoms with E-state index < -0.39 is 24.3 Å². The lowest BCUT2D eigenvalue weighted by Gasteiger charge is -2.22. The second-order valence-electron chi connectivity index (χ2n) is 6.69. The molecule has 6 nitrogen and oxygen atoms in total. The van der Waals surface area contributed by atoms with Crippen molar-refractivity contribution in [2.75, 3.05) is 11.4 Å². The fourth-order valence-electron chi connectivity index (χ4n) is 3.17. The third-order valence-corrected chi connectivity index (χ3v) is 5.28. The summed E-state index contributed by atoms with van der Waals surface area (Å²) in [6, 6.07) is 16.4. The maximum atomic E-state index is 13.0. The Morgan fingerprint density at radius 3 is 2.48 bits per heavy atom. The predicted octanol–water partition coefficient (Wildman–Crippen LogP) is 2.83. The molecule has 2 N–H and O–H groups in total. The number of para-hydroxylation sites is 1. The molecule has 0 saturated carbocycles. The number of nitrogens with one attached hydrogen (secondary N) is 1. The quantitative estimate of drug-likeness (QED) is 0.718. The number of anilines is 1. The molecule has 1 aliphatic heterocycles. The third kappa shape index (κ3) is 4.57. The summed E-state index contributed by atoms with van der Waals surface area (Å²) in [5, 5.41) is 11.8. The standard InChI is InChI=1S/C22H20N2O4S/c1-14(15-7-3-2-4-8-15)20(29)21(27)23-17-12-11-16-9-5-6-10-18(16)24(22(17)28)13-19(25)26/h2-10,12,14H,11,13H2,1H3,(H,23,27)(H,25,26)/t14-/m0/s1. The van der Waals surface area contributed by atoms with E-state index in [1.165, 1.54) is 0 Å². The molecule has 2 aromatic rings. The van der Waals surface area contributed by atoms with Crippen molar-refractivity contribution >= 4 is 40.6 Å². The largest absolute Gasteiger partial charge is 0.480 e. The van der Waals surface area contributed by atoms with Gasteiger partial charge in [-0.1, -0.05) is 73.7 Å². The summed E-state index contributed by atoms with van der Waals surface area (Å²) >= 11 is 5.33. The van der Waals surface area contributed by atoms with E-state index >= 15 is 0 Å². The Morgan fingerprint density at radius 2 is 1.79 bits per heavy atom. The zero-order valence-electron chi connectivity index (χ0n) is 15.8. The highest BCUT2D eigenvalue weighted by Crippen LogP contribution is 2.26. The number of aliphatic carboxylic acids is 1. The summed E-state index contributed by atoms with van der Waals surface area (Å²) in [6.07, 6.45) is 1.98. The van der Waals surface area contributed by atoms with E-state index in [2.05, 4.69) is 5.32 Å². The van der Waals surface area contributed by atoms with Gasteiger partial charge in [-0.15, -0.1) is 0 Å². The van der Waals surface area contributed by atoms with E-state index in [-0.39, 0.29) is 16.5 Å². The molecular formula is C22H20N2O4S. The summed E-state index contributed by atoms with van der Waals surface area (Å²) in [6.45, 7) is 1.32. The topological polar surface area (TPSA) is 86.7 Å². The Morgan fingerprint density at radius 1 is 1.14 bits per heavy atom. The number of fused-ring (bicyclic) bond motifs is 1. The molecule has 0 fully saturated rings. The molecule has 1 aliphatic rings. The molecule has 148 valence electrons. The molecule has 0 spiro atoms. The first kappa shape index (κ1) is 20.4.